The Morgan fingerprint density at radius 2 is 2.09 bits per heavy atom. The second kappa shape index (κ2) is 9.68. The molecule has 0 saturated carbocycles. The van der Waals surface area contributed by atoms with Crippen molar-refractivity contribution in [1.82, 2.24) is 10.6 Å². The largest absolute Gasteiger partial charge is 0.493 e. The van der Waals surface area contributed by atoms with Crippen molar-refractivity contribution in [2.24, 2.45) is 5.92 Å². The van der Waals surface area contributed by atoms with Gasteiger partial charge < -0.3 is 26.2 Å². The molecule has 0 fully saturated rings. The summed E-state index contributed by atoms with van der Waals surface area (Å²) in [6, 6.07) is 4.76. The highest BCUT2D eigenvalue weighted by molar-refractivity contribution is 6.01. The number of carbonyl (C=O) groups excluding carboxylic acids is 2. The zero-order valence-corrected chi connectivity index (χ0v) is 13.6. The molecule has 0 aliphatic rings. The van der Waals surface area contributed by atoms with Gasteiger partial charge in [0.15, 0.2) is 0 Å². The smallest absolute Gasteiger partial charge is 0.253 e. The number of rotatable bonds is 9. The van der Waals surface area contributed by atoms with Crippen molar-refractivity contribution in [2.75, 3.05) is 32.0 Å². The molecule has 0 radical (unpaired) electrons. The summed E-state index contributed by atoms with van der Waals surface area (Å²) in [4.78, 5) is 23.6. The molecule has 0 aliphatic carbocycles. The predicted molar refractivity (Wildman–Crippen MR) is 88.2 cm³/mol. The van der Waals surface area contributed by atoms with Crippen molar-refractivity contribution in [1.29, 1.82) is 0 Å². The van der Waals surface area contributed by atoms with E-state index >= 15 is 0 Å². The fourth-order valence-electron chi connectivity index (χ4n) is 1.70. The average Bonchev–Trinajstić information content (AvgIpc) is 2.56. The Bertz CT molecular complexity index is 534. The second-order valence-electron chi connectivity index (χ2n) is 5.38. The van der Waals surface area contributed by atoms with Gasteiger partial charge in [0, 0.05) is 24.8 Å². The lowest BCUT2D eigenvalue weighted by Gasteiger charge is -2.13. The summed E-state index contributed by atoms with van der Waals surface area (Å²) < 4.78 is 5.51. The van der Waals surface area contributed by atoms with Crippen molar-refractivity contribution in [3.8, 4) is 5.75 Å². The first kappa shape index (κ1) is 18.8. The average molecular weight is 323 g/mol. The number of nitrogens with two attached hydrogens (primary N) is 1. The number of nitrogen functional groups attached to an aromatic ring is 1. The molecule has 0 aliphatic heterocycles. The topological polar surface area (TPSA) is 114 Å². The van der Waals surface area contributed by atoms with E-state index in [1.54, 1.807) is 12.1 Å². The number of benzene rings is 1. The van der Waals surface area contributed by atoms with Gasteiger partial charge in [-0.2, -0.15) is 0 Å². The molecule has 1 aromatic carbocycles. The summed E-state index contributed by atoms with van der Waals surface area (Å²) in [5.41, 5.74) is 6.36. The van der Waals surface area contributed by atoms with Gasteiger partial charge >= 0.3 is 0 Å². The van der Waals surface area contributed by atoms with E-state index in [1.807, 2.05) is 13.8 Å². The molecule has 7 heteroatoms. The molecule has 1 atom stereocenters. The number of ether oxygens (including phenoxy) is 1. The number of hydrogen-bond acceptors (Lipinski definition) is 5. The molecule has 0 saturated heterocycles. The molecule has 23 heavy (non-hydrogen) atoms. The van der Waals surface area contributed by atoms with Gasteiger partial charge in [-0.1, -0.05) is 13.8 Å². The van der Waals surface area contributed by atoms with Crippen LogP contribution < -0.4 is 21.1 Å². The molecular formula is C16H25N3O4. The quantitative estimate of drug-likeness (QED) is 0.495. The first-order valence-electron chi connectivity index (χ1n) is 7.66. The maximum absolute atomic E-state index is 12.1. The van der Waals surface area contributed by atoms with Gasteiger partial charge in [-0.15, -0.1) is 0 Å². The van der Waals surface area contributed by atoms with Gasteiger partial charge in [0.05, 0.1) is 18.7 Å². The van der Waals surface area contributed by atoms with Crippen molar-refractivity contribution in [2.45, 2.75) is 20.3 Å². The van der Waals surface area contributed by atoms with E-state index in [0.717, 1.165) is 6.42 Å². The lowest BCUT2D eigenvalue weighted by molar-refractivity contribution is -0.120. The summed E-state index contributed by atoms with van der Waals surface area (Å²) in [6.07, 6.45) is 0.832. The molecule has 1 rings (SSSR count). The molecule has 2 amide bonds. The lowest BCUT2D eigenvalue weighted by atomic mass is 10.1. The van der Waals surface area contributed by atoms with E-state index in [1.165, 1.54) is 6.07 Å². The number of carbonyl (C=O) groups is 2. The second-order valence-corrected chi connectivity index (χ2v) is 5.38. The van der Waals surface area contributed by atoms with E-state index in [-0.39, 0.29) is 30.5 Å². The van der Waals surface area contributed by atoms with Gasteiger partial charge in [0.2, 0.25) is 5.91 Å². The van der Waals surface area contributed by atoms with E-state index in [2.05, 4.69) is 10.6 Å². The predicted octanol–water partition coefficient (Wildman–Crippen LogP) is 0.532. The van der Waals surface area contributed by atoms with Gasteiger partial charge in [-0.25, -0.2) is 0 Å². The first-order chi connectivity index (χ1) is 11.0. The third kappa shape index (κ3) is 6.56. The molecule has 7 nitrogen and oxygen atoms in total. The Morgan fingerprint density at radius 1 is 1.35 bits per heavy atom. The number of aliphatic hydroxyl groups excluding tert-OH is 1. The molecule has 1 aromatic rings. The summed E-state index contributed by atoms with van der Waals surface area (Å²) in [5.74, 6) is -0.204. The SMILES string of the molecule is CCCNC(=O)CNC(=O)c1cc(OC[C@@H](C)CO)ccc1N. The summed E-state index contributed by atoms with van der Waals surface area (Å²) >= 11 is 0. The standard InChI is InChI=1S/C16H25N3O4/c1-3-6-18-15(21)8-19-16(22)13-7-12(4-5-14(13)17)23-10-11(2)9-20/h4-5,7,11,20H,3,6,8-10,17H2,1-2H3,(H,18,21)(H,19,22)/t11-/m0/s1. The number of nitrogens with one attached hydrogen (secondary N) is 2. The highest BCUT2D eigenvalue weighted by Gasteiger charge is 2.13. The minimum atomic E-state index is -0.435. The molecular weight excluding hydrogens is 298 g/mol. The van der Waals surface area contributed by atoms with Crippen molar-refractivity contribution in [3.05, 3.63) is 23.8 Å². The molecule has 0 heterocycles. The number of hydrogen-bond donors (Lipinski definition) is 4. The van der Waals surface area contributed by atoms with Crippen molar-refractivity contribution >= 4 is 17.5 Å². The monoisotopic (exact) mass is 323 g/mol. The molecule has 0 bridgehead atoms. The summed E-state index contributed by atoms with van der Waals surface area (Å²) in [7, 11) is 0. The lowest BCUT2D eigenvalue weighted by Crippen LogP contribution is -2.37. The Hall–Kier alpha value is -2.28. The number of amides is 2. The van der Waals surface area contributed by atoms with Gasteiger partial charge in [-0.05, 0) is 24.6 Å². The maximum Gasteiger partial charge on any atom is 0.253 e. The Labute approximate surface area is 136 Å². The van der Waals surface area contributed by atoms with E-state index in [9.17, 15) is 9.59 Å². The normalized spacial score (nSPS) is 11.6. The van der Waals surface area contributed by atoms with Crippen LogP contribution in [0.4, 0.5) is 5.69 Å². The van der Waals surface area contributed by atoms with Crippen LogP contribution in [0.25, 0.3) is 0 Å². The fraction of sp³-hybridized carbons (Fsp3) is 0.500. The van der Waals surface area contributed by atoms with Gasteiger partial charge in [-0.3, -0.25) is 9.59 Å². The Morgan fingerprint density at radius 3 is 2.74 bits per heavy atom. The van der Waals surface area contributed by atoms with Gasteiger partial charge in [0.25, 0.3) is 5.91 Å². The van der Waals surface area contributed by atoms with Crippen LogP contribution in [0.1, 0.15) is 30.6 Å². The van der Waals surface area contributed by atoms with Crippen LogP contribution in [0.2, 0.25) is 0 Å². The Balaban J connectivity index is 2.63. The van der Waals surface area contributed by atoms with Crippen LogP contribution in [0, 0.1) is 5.92 Å². The highest BCUT2D eigenvalue weighted by Crippen LogP contribution is 2.20. The fourth-order valence-corrected chi connectivity index (χ4v) is 1.70. The molecule has 0 spiro atoms. The molecule has 0 unspecified atom stereocenters. The third-order valence-corrected chi connectivity index (χ3v) is 3.10. The number of aliphatic hydroxyl groups is 1. The van der Waals surface area contributed by atoms with Crippen LogP contribution in [0.15, 0.2) is 18.2 Å². The van der Waals surface area contributed by atoms with Crippen LogP contribution >= 0.6 is 0 Å². The maximum atomic E-state index is 12.1. The first-order valence-corrected chi connectivity index (χ1v) is 7.66. The van der Waals surface area contributed by atoms with Crippen LogP contribution in [-0.2, 0) is 4.79 Å². The summed E-state index contributed by atoms with van der Waals surface area (Å²) in [6.45, 7) is 4.62. The minimum Gasteiger partial charge on any atom is -0.493 e. The van der Waals surface area contributed by atoms with Crippen LogP contribution in [0.5, 0.6) is 5.75 Å². The van der Waals surface area contributed by atoms with Crippen LogP contribution in [-0.4, -0.2) is 43.2 Å². The zero-order valence-electron chi connectivity index (χ0n) is 13.6. The Kier molecular flexibility index (Phi) is 7.90. The number of anilines is 1. The van der Waals surface area contributed by atoms with Gasteiger partial charge in [0.1, 0.15) is 5.75 Å². The zero-order chi connectivity index (χ0) is 17.2. The van der Waals surface area contributed by atoms with E-state index < -0.39 is 5.91 Å². The van der Waals surface area contributed by atoms with E-state index in [0.29, 0.717) is 24.6 Å². The minimum absolute atomic E-state index is 0.00732. The summed E-state index contributed by atoms with van der Waals surface area (Å²) in [5, 5.41) is 14.2. The third-order valence-electron chi connectivity index (χ3n) is 3.10. The van der Waals surface area contributed by atoms with Crippen LogP contribution in [0.3, 0.4) is 0 Å². The van der Waals surface area contributed by atoms with Crippen molar-refractivity contribution in [3.63, 3.8) is 0 Å². The van der Waals surface area contributed by atoms with Crippen molar-refractivity contribution < 1.29 is 19.4 Å². The molecule has 5 N–H and O–H groups in total. The molecule has 128 valence electrons. The molecule has 0 aromatic heterocycles. The van der Waals surface area contributed by atoms with E-state index in [4.69, 9.17) is 15.6 Å². The highest BCUT2D eigenvalue weighted by atomic mass is 16.5.